The second kappa shape index (κ2) is 6.23. The van der Waals surface area contributed by atoms with Gasteiger partial charge in [-0.3, -0.25) is 0 Å². The van der Waals surface area contributed by atoms with Crippen LogP contribution in [0.3, 0.4) is 0 Å². The Labute approximate surface area is 117 Å². The zero-order valence-corrected chi connectivity index (χ0v) is 11.6. The highest BCUT2D eigenvalue weighted by Crippen LogP contribution is 2.25. The van der Waals surface area contributed by atoms with Gasteiger partial charge in [-0.25, -0.2) is 4.98 Å². The molecular weight excluding hydrogens is 269 g/mol. The van der Waals surface area contributed by atoms with Gasteiger partial charge in [0.05, 0.1) is 16.4 Å². The Bertz CT molecular complexity index is 497. The molecule has 0 bridgehead atoms. The van der Waals surface area contributed by atoms with Crippen LogP contribution in [-0.2, 0) is 6.54 Å². The minimum absolute atomic E-state index is 0.239. The molecule has 1 unspecified atom stereocenters. The van der Waals surface area contributed by atoms with Crippen molar-refractivity contribution in [2.24, 2.45) is 0 Å². The average Bonchev–Trinajstić information content (AvgIpc) is 2.85. The van der Waals surface area contributed by atoms with Gasteiger partial charge >= 0.3 is 0 Å². The summed E-state index contributed by atoms with van der Waals surface area (Å²) in [5, 5.41) is 4.62. The monoisotopic (exact) mass is 283 g/mol. The van der Waals surface area contributed by atoms with E-state index in [1.54, 1.807) is 6.20 Å². The van der Waals surface area contributed by atoms with Gasteiger partial charge in [-0.15, -0.1) is 0 Å². The number of nitrogens with zero attached hydrogens (tertiary/aromatic N) is 2. The molecule has 0 radical (unpaired) electrons. The van der Waals surface area contributed by atoms with Gasteiger partial charge in [0.2, 0.25) is 0 Å². The summed E-state index contributed by atoms with van der Waals surface area (Å²) in [6.45, 7) is 3.87. The standard InChI is InChI=1S/C13H15Cl2N3/c1-10(11-2-3-12(14)13(15)8-11)17-5-7-18-6-4-16-9-18/h2-4,6,8-10,17H,5,7H2,1H3. The summed E-state index contributed by atoms with van der Waals surface area (Å²) in [7, 11) is 0. The van der Waals surface area contributed by atoms with Gasteiger partial charge in [0.25, 0.3) is 0 Å². The molecule has 1 N–H and O–H groups in total. The first-order valence-electron chi connectivity index (χ1n) is 5.81. The maximum absolute atomic E-state index is 6.00. The van der Waals surface area contributed by atoms with E-state index in [4.69, 9.17) is 23.2 Å². The summed E-state index contributed by atoms with van der Waals surface area (Å²) < 4.78 is 2.04. The van der Waals surface area contributed by atoms with E-state index in [-0.39, 0.29) is 6.04 Å². The van der Waals surface area contributed by atoms with Gasteiger partial charge in [-0.2, -0.15) is 0 Å². The Balaban J connectivity index is 1.87. The van der Waals surface area contributed by atoms with Crippen LogP contribution in [0, 0.1) is 0 Å². The number of rotatable bonds is 5. The fourth-order valence-electron chi connectivity index (χ4n) is 1.73. The molecule has 0 aliphatic heterocycles. The smallest absolute Gasteiger partial charge is 0.0946 e. The van der Waals surface area contributed by atoms with E-state index in [2.05, 4.69) is 17.2 Å². The molecule has 2 aromatic rings. The van der Waals surface area contributed by atoms with E-state index < -0.39 is 0 Å². The highest BCUT2D eigenvalue weighted by Gasteiger charge is 2.06. The molecule has 0 fully saturated rings. The van der Waals surface area contributed by atoms with E-state index in [9.17, 15) is 0 Å². The van der Waals surface area contributed by atoms with Gasteiger partial charge in [-0.05, 0) is 24.6 Å². The van der Waals surface area contributed by atoms with Gasteiger partial charge in [-0.1, -0.05) is 29.3 Å². The molecule has 3 nitrogen and oxygen atoms in total. The first-order chi connectivity index (χ1) is 8.66. The average molecular weight is 284 g/mol. The number of nitrogens with one attached hydrogen (secondary N) is 1. The zero-order chi connectivity index (χ0) is 13.0. The maximum Gasteiger partial charge on any atom is 0.0946 e. The van der Waals surface area contributed by atoms with Crippen LogP contribution in [0.5, 0.6) is 0 Å². The van der Waals surface area contributed by atoms with Crippen molar-refractivity contribution in [3.8, 4) is 0 Å². The highest BCUT2D eigenvalue weighted by molar-refractivity contribution is 6.42. The van der Waals surface area contributed by atoms with Gasteiger partial charge in [0.1, 0.15) is 0 Å². The first kappa shape index (κ1) is 13.4. The fraction of sp³-hybridized carbons (Fsp3) is 0.308. The zero-order valence-electron chi connectivity index (χ0n) is 10.1. The van der Waals surface area contributed by atoms with Crippen molar-refractivity contribution in [2.75, 3.05) is 6.54 Å². The molecule has 5 heteroatoms. The van der Waals surface area contributed by atoms with E-state index in [1.165, 1.54) is 0 Å². The summed E-state index contributed by atoms with van der Waals surface area (Å²) in [6.07, 6.45) is 5.54. The summed E-state index contributed by atoms with van der Waals surface area (Å²) >= 11 is 11.9. The lowest BCUT2D eigenvalue weighted by Gasteiger charge is -2.15. The van der Waals surface area contributed by atoms with Crippen LogP contribution in [0.1, 0.15) is 18.5 Å². The third-order valence-corrected chi connectivity index (χ3v) is 3.56. The molecular formula is C13H15Cl2N3. The van der Waals surface area contributed by atoms with Crippen molar-refractivity contribution in [1.82, 2.24) is 14.9 Å². The van der Waals surface area contributed by atoms with Crippen LogP contribution < -0.4 is 5.32 Å². The van der Waals surface area contributed by atoms with Crippen LogP contribution in [0.2, 0.25) is 10.0 Å². The molecule has 0 saturated carbocycles. The normalized spacial score (nSPS) is 12.6. The number of imidazole rings is 1. The summed E-state index contributed by atoms with van der Waals surface area (Å²) in [5.41, 5.74) is 1.13. The van der Waals surface area contributed by atoms with E-state index >= 15 is 0 Å². The molecule has 0 amide bonds. The summed E-state index contributed by atoms with van der Waals surface area (Å²) in [5.74, 6) is 0. The first-order valence-corrected chi connectivity index (χ1v) is 6.56. The molecule has 1 aromatic heterocycles. The minimum atomic E-state index is 0.239. The molecule has 0 saturated heterocycles. The van der Waals surface area contributed by atoms with Crippen LogP contribution in [0.4, 0.5) is 0 Å². The van der Waals surface area contributed by atoms with Crippen molar-refractivity contribution < 1.29 is 0 Å². The van der Waals surface area contributed by atoms with E-state index in [1.807, 2.05) is 35.3 Å². The largest absolute Gasteiger partial charge is 0.336 e. The van der Waals surface area contributed by atoms with Crippen LogP contribution in [-0.4, -0.2) is 16.1 Å². The summed E-state index contributed by atoms with van der Waals surface area (Å²) in [4.78, 5) is 4.00. The molecule has 1 atom stereocenters. The summed E-state index contributed by atoms with van der Waals surface area (Å²) in [6, 6.07) is 5.96. The van der Waals surface area contributed by atoms with Gasteiger partial charge in [0.15, 0.2) is 0 Å². The van der Waals surface area contributed by atoms with Gasteiger partial charge in [0, 0.05) is 31.5 Å². The second-order valence-electron chi connectivity index (χ2n) is 4.15. The van der Waals surface area contributed by atoms with Crippen molar-refractivity contribution in [1.29, 1.82) is 0 Å². The highest BCUT2D eigenvalue weighted by atomic mass is 35.5. The lowest BCUT2D eigenvalue weighted by atomic mass is 10.1. The molecule has 18 heavy (non-hydrogen) atoms. The molecule has 0 aliphatic carbocycles. The third-order valence-electron chi connectivity index (χ3n) is 2.82. The number of hydrogen-bond acceptors (Lipinski definition) is 2. The molecule has 1 aromatic carbocycles. The fourth-order valence-corrected chi connectivity index (χ4v) is 2.04. The predicted molar refractivity (Wildman–Crippen MR) is 75.1 cm³/mol. The quantitative estimate of drug-likeness (QED) is 0.910. The molecule has 0 spiro atoms. The number of benzene rings is 1. The topological polar surface area (TPSA) is 29.9 Å². The molecule has 2 rings (SSSR count). The van der Waals surface area contributed by atoms with Gasteiger partial charge < -0.3 is 9.88 Å². The molecule has 1 heterocycles. The Morgan fingerprint density at radius 1 is 1.33 bits per heavy atom. The third kappa shape index (κ3) is 3.48. The molecule has 0 aliphatic rings. The SMILES string of the molecule is CC(NCCn1ccnc1)c1ccc(Cl)c(Cl)c1. The lowest BCUT2D eigenvalue weighted by Crippen LogP contribution is -2.23. The number of hydrogen-bond donors (Lipinski definition) is 1. The number of aromatic nitrogens is 2. The predicted octanol–water partition coefficient (Wildman–Crippen LogP) is 3.54. The number of halogens is 2. The van der Waals surface area contributed by atoms with Crippen molar-refractivity contribution in [2.45, 2.75) is 19.5 Å². The minimum Gasteiger partial charge on any atom is -0.336 e. The Hall–Kier alpha value is -1.03. The Morgan fingerprint density at radius 3 is 2.83 bits per heavy atom. The Kier molecular flexibility index (Phi) is 4.64. The van der Waals surface area contributed by atoms with Crippen LogP contribution >= 0.6 is 23.2 Å². The van der Waals surface area contributed by atoms with Crippen LogP contribution in [0.15, 0.2) is 36.9 Å². The maximum atomic E-state index is 6.00. The van der Waals surface area contributed by atoms with Crippen molar-refractivity contribution in [3.63, 3.8) is 0 Å². The Morgan fingerprint density at radius 2 is 2.17 bits per heavy atom. The van der Waals surface area contributed by atoms with Crippen molar-refractivity contribution in [3.05, 3.63) is 52.5 Å². The molecule has 96 valence electrons. The lowest BCUT2D eigenvalue weighted by molar-refractivity contribution is 0.531. The van der Waals surface area contributed by atoms with Crippen LogP contribution in [0.25, 0.3) is 0 Å². The van der Waals surface area contributed by atoms with E-state index in [0.29, 0.717) is 10.0 Å². The second-order valence-corrected chi connectivity index (χ2v) is 4.96. The van der Waals surface area contributed by atoms with Crippen molar-refractivity contribution >= 4 is 23.2 Å². The van der Waals surface area contributed by atoms with E-state index in [0.717, 1.165) is 18.7 Å².